The Labute approximate surface area is 166 Å². The lowest BCUT2D eigenvalue weighted by molar-refractivity contribution is 0.0939. The van der Waals surface area contributed by atoms with Gasteiger partial charge in [-0.25, -0.2) is 8.42 Å². The number of sulfonamides is 1. The first-order valence-electron chi connectivity index (χ1n) is 9.98. The summed E-state index contributed by atoms with van der Waals surface area (Å²) in [6.07, 6.45) is 5.20. The molecule has 0 radical (unpaired) electrons. The molecule has 1 atom stereocenters. The van der Waals surface area contributed by atoms with Crippen LogP contribution in [0.2, 0.25) is 0 Å². The standard InChI is InChI=1S/C22H26N2O3S/c1-16(18-11-10-17-6-4-7-19(17)14-18)23-22(25)20-8-5-9-21(15-20)28(26,27)24-12-2-3-13-24/h5,8-11,14-16H,2-4,6-7,12-13H2,1H3,(H,23,25)/t16-/m0/s1. The second-order valence-electron chi connectivity index (χ2n) is 7.72. The van der Waals surface area contributed by atoms with Crippen molar-refractivity contribution < 1.29 is 13.2 Å². The Morgan fingerprint density at radius 3 is 2.54 bits per heavy atom. The van der Waals surface area contributed by atoms with Crippen LogP contribution in [-0.4, -0.2) is 31.7 Å². The molecule has 1 fully saturated rings. The fourth-order valence-electron chi connectivity index (χ4n) is 4.10. The molecule has 0 bridgehead atoms. The van der Waals surface area contributed by atoms with Crippen LogP contribution in [-0.2, 0) is 22.9 Å². The summed E-state index contributed by atoms with van der Waals surface area (Å²) in [7, 11) is -3.53. The van der Waals surface area contributed by atoms with Gasteiger partial charge in [-0.15, -0.1) is 0 Å². The molecule has 1 aliphatic heterocycles. The average molecular weight is 399 g/mol. The molecule has 0 unspecified atom stereocenters. The van der Waals surface area contributed by atoms with Gasteiger partial charge in [0.1, 0.15) is 0 Å². The van der Waals surface area contributed by atoms with Gasteiger partial charge < -0.3 is 5.32 Å². The maximum Gasteiger partial charge on any atom is 0.251 e. The van der Waals surface area contributed by atoms with Crippen molar-refractivity contribution in [2.75, 3.05) is 13.1 Å². The molecule has 1 heterocycles. The second-order valence-corrected chi connectivity index (χ2v) is 9.65. The lowest BCUT2D eigenvalue weighted by Crippen LogP contribution is -2.29. The van der Waals surface area contributed by atoms with Crippen LogP contribution in [0.5, 0.6) is 0 Å². The quantitative estimate of drug-likeness (QED) is 0.839. The van der Waals surface area contributed by atoms with Crippen molar-refractivity contribution in [2.24, 2.45) is 0 Å². The van der Waals surface area contributed by atoms with Gasteiger partial charge in [-0.1, -0.05) is 24.3 Å². The van der Waals surface area contributed by atoms with Crippen molar-refractivity contribution in [1.82, 2.24) is 9.62 Å². The van der Waals surface area contributed by atoms with E-state index in [1.165, 1.54) is 27.9 Å². The van der Waals surface area contributed by atoms with Gasteiger partial charge in [0.05, 0.1) is 10.9 Å². The van der Waals surface area contributed by atoms with Crippen molar-refractivity contribution in [1.29, 1.82) is 0 Å². The number of aryl methyl sites for hydroxylation is 2. The lowest BCUT2D eigenvalue weighted by Gasteiger charge is -2.17. The first-order chi connectivity index (χ1) is 13.4. The predicted octanol–water partition coefficient (Wildman–Crippen LogP) is 3.45. The molecule has 28 heavy (non-hydrogen) atoms. The molecule has 6 heteroatoms. The number of carbonyl (C=O) groups is 1. The molecule has 1 aliphatic carbocycles. The van der Waals surface area contributed by atoms with Gasteiger partial charge in [-0.3, -0.25) is 4.79 Å². The highest BCUT2D eigenvalue weighted by Crippen LogP contribution is 2.26. The van der Waals surface area contributed by atoms with Gasteiger partial charge in [0, 0.05) is 18.7 Å². The van der Waals surface area contributed by atoms with Crippen molar-refractivity contribution >= 4 is 15.9 Å². The van der Waals surface area contributed by atoms with Crippen molar-refractivity contribution in [3.8, 4) is 0 Å². The fraction of sp³-hybridized carbons (Fsp3) is 0.409. The van der Waals surface area contributed by atoms with E-state index >= 15 is 0 Å². The molecule has 2 aromatic carbocycles. The van der Waals surface area contributed by atoms with Gasteiger partial charge in [0.15, 0.2) is 0 Å². The topological polar surface area (TPSA) is 66.5 Å². The molecule has 1 saturated heterocycles. The molecular weight excluding hydrogens is 372 g/mol. The summed E-state index contributed by atoms with van der Waals surface area (Å²) in [5.41, 5.74) is 4.22. The van der Waals surface area contributed by atoms with Gasteiger partial charge >= 0.3 is 0 Å². The van der Waals surface area contributed by atoms with Crippen LogP contribution in [0.1, 0.15) is 59.3 Å². The van der Waals surface area contributed by atoms with Crippen LogP contribution in [0.4, 0.5) is 0 Å². The van der Waals surface area contributed by atoms with Crippen molar-refractivity contribution in [2.45, 2.75) is 50.0 Å². The third-order valence-electron chi connectivity index (χ3n) is 5.77. The maximum atomic E-state index is 12.8. The zero-order valence-electron chi connectivity index (χ0n) is 16.1. The van der Waals surface area contributed by atoms with Crippen LogP contribution in [0.15, 0.2) is 47.4 Å². The van der Waals surface area contributed by atoms with E-state index in [0.717, 1.165) is 31.2 Å². The minimum atomic E-state index is -3.53. The molecule has 0 aromatic heterocycles. The van der Waals surface area contributed by atoms with Gasteiger partial charge in [0.25, 0.3) is 5.91 Å². The van der Waals surface area contributed by atoms with Crippen LogP contribution in [0.25, 0.3) is 0 Å². The summed E-state index contributed by atoms with van der Waals surface area (Å²) in [5, 5.41) is 3.00. The van der Waals surface area contributed by atoms with Crippen molar-refractivity contribution in [3.05, 3.63) is 64.7 Å². The normalized spacial score (nSPS) is 18.0. The fourth-order valence-corrected chi connectivity index (χ4v) is 5.66. The number of hydrogen-bond acceptors (Lipinski definition) is 3. The lowest BCUT2D eigenvalue weighted by atomic mass is 10.0. The summed E-state index contributed by atoms with van der Waals surface area (Å²) in [6, 6.07) is 12.6. The Bertz CT molecular complexity index is 995. The third-order valence-corrected chi connectivity index (χ3v) is 7.66. The molecule has 2 aromatic rings. The highest BCUT2D eigenvalue weighted by atomic mass is 32.2. The summed E-state index contributed by atoms with van der Waals surface area (Å²) in [5.74, 6) is -0.258. The zero-order chi connectivity index (χ0) is 19.7. The molecule has 2 aliphatic rings. The Kier molecular flexibility index (Phi) is 5.25. The minimum Gasteiger partial charge on any atom is -0.346 e. The van der Waals surface area contributed by atoms with E-state index in [2.05, 4.69) is 23.5 Å². The summed E-state index contributed by atoms with van der Waals surface area (Å²) in [6.45, 7) is 3.06. The van der Waals surface area contributed by atoms with E-state index in [1.807, 2.05) is 6.92 Å². The predicted molar refractivity (Wildman–Crippen MR) is 109 cm³/mol. The SMILES string of the molecule is C[C@H](NC(=O)c1cccc(S(=O)(=O)N2CCCC2)c1)c1ccc2c(c1)CCC2. The van der Waals surface area contributed by atoms with Crippen LogP contribution < -0.4 is 5.32 Å². The Morgan fingerprint density at radius 2 is 1.75 bits per heavy atom. The van der Waals surface area contributed by atoms with E-state index < -0.39 is 10.0 Å². The number of benzene rings is 2. The van der Waals surface area contributed by atoms with E-state index in [9.17, 15) is 13.2 Å². The summed E-state index contributed by atoms with van der Waals surface area (Å²) in [4.78, 5) is 12.9. The number of hydrogen-bond donors (Lipinski definition) is 1. The van der Waals surface area contributed by atoms with Crippen LogP contribution in [0.3, 0.4) is 0 Å². The number of rotatable bonds is 5. The van der Waals surface area contributed by atoms with E-state index in [1.54, 1.807) is 18.2 Å². The maximum absolute atomic E-state index is 12.8. The highest BCUT2D eigenvalue weighted by molar-refractivity contribution is 7.89. The van der Waals surface area contributed by atoms with Gasteiger partial charge in [-0.2, -0.15) is 4.31 Å². The number of nitrogens with zero attached hydrogens (tertiary/aromatic N) is 1. The summed E-state index contributed by atoms with van der Waals surface area (Å²) < 4.78 is 27.0. The molecule has 148 valence electrons. The number of amides is 1. The smallest absolute Gasteiger partial charge is 0.251 e. The van der Waals surface area contributed by atoms with Gasteiger partial charge in [-0.05, 0) is 73.9 Å². The largest absolute Gasteiger partial charge is 0.346 e. The molecule has 4 rings (SSSR count). The minimum absolute atomic E-state index is 0.141. The molecule has 0 saturated carbocycles. The molecule has 0 spiro atoms. The third kappa shape index (κ3) is 3.71. The van der Waals surface area contributed by atoms with Crippen LogP contribution >= 0.6 is 0 Å². The number of nitrogens with one attached hydrogen (secondary N) is 1. The van der Waals surface area contributed by atoms with E-state index in [4.69, 9.17) is 0 Å². The summed E-state index contributed by atoms with van der Waals surface area (Å²) >= 11 is 0. The number of fused-ring (bicyclic) bond motifs is 1. The van der Waals surface area contributed by atoms with Crippen molar-refractivity contribution in [3.63, 3.8) is 0 Å². The highest BCUT2D eigenvalue weighted by Gasteiger charge is 2.27. The molecular formula is C22H26N2O3S. The first-order valence-corrected chi connectivity index (χ1v) is 11.4. The first kappa shape index (κ1) is 19.2. The molecule has 1 amide bonds. The Hall–Kier alpha value is -2.18. The zero-order valence-corrected chi connectivity index (χ0v) is 17.0. The number of carbonyl (C=O) groups excluding carboxylic acids is 1. The Morgan fingerprint density at radius 1 is 1.00 bits per heavy atom. The average Bonchev–Trinajstić information content (AvgIpc) is 3.39. The Balaban J connectivity index is 1.50. The van der Waals surface area contributed by atoms with Crippen LogP contribution in [0, 0.1) is 0 Å². The second kappa shape index (κ2) is 7.68. The molecule has 5 nitrogen and oxygen atoms in total. The molecule has 1 N–H and O–H groups in total. The van der Waals surface area contributed by atoms with E-state index in [-0.39, 0.29) is 16.8 Å². The monoisotopic (exact) mass is 398 g/mol. The van der Waals surface area contributed by atoms with Gasteiger partial charge in [0.2, 0.25) is 10.0 Å². The van der Waals surface area contributed by atoms with E-state index in [0.29, 0.717) is 18.7 Å².